The Kier molecular flexibility index (Phi) is 4.75. The normalized spacial score (nSPS) is 11.2. The maximum atomic E-state index is 14.7. The van der Waals surface area contributed by atoms with Gasteiger partial charge in [0.05, 0.1) is 5.69 Å². The fourth-order valence-corrected chi connectivity index (χ4v) is 4.08. The second-order valence-corrected chi connectivity index (χ2v) is 7.94. The summed E-state index contributed by atoms with van der Waals surface area (Å²) in [5.41, 5.74) is 4.39. The smallest absolute Gasteiger partial charge is 0.160 e. The van der Waals surface area contributed by atoms with Gasteiger partial charge >= 0.3 is 0 Å². The molecular weight excluding hydrogens is 411 g/mol. The van der Waals surface area contributed by atoms with Gasteiger partial charge < -0.3 is 4.90 Å². The number of hydrogen-bond acceptors (Lipinski definition) is 4. The lowest BCUT2D eigenvalue weighted by Gasteiger charge is -2.18. The lowest BCUT2D eigenvalue weighted by atomic mass is 9.94. The molecule has 152 valence electrons. The van der Waals surface area contributed by atoms with E-state index in [9.17, 15) is 4.39 Å². The minimum absolute atomic E-state index is 0.345. The first-order valence-corrected chi connectivity index (χ1v) is 10.2. The number of rotatable bonds is 3. The van der Waals surface area contributed by atoms with Crippen LogP contribution < -0.4 is 4.90 Å². The van der Waals surface area contributed by atoms with E-state index in [4.69, 9.17) is 11.6 Å². The largest absolute Gasteiger partial charge is 0.377 e. The first-order valence-electron chi connectivity index (χ1n) is 9.78. The van der Waals surface area contributed by atoms with Crippen molar-refractivity contribution in [1.29, 1.82) is 0 Å². The van der Waals surface area contributed by atoms with Gasteiger partial charge in [0, 0.05) is 59.7 Å². The average molecular weight is 429 g/mol. The molecule has 0 aliphatic rings. The maximum Gasteiger partial charge on any atom is 0.160 e. The number of hydrogen-bond donors (Lipinski definition) is 0. The van der Waals surface area contributed by atoms with E-state index in [1.165, 1.54) is 12.1 Å². The van der Waals surface area contributed by atoms with E-state index in [2.05, 4.69) is 32.0 Å². The van der Waals surface area contributed by atoms with Crippen molar-refractivity contribution < 1.29 is 4.39 Å². The molecule has 2 aromatic carbocycles. The Balaban J connectivity index is 1.86. The van der Waals surface area contributed by atoms with E-state index in [0.717, 1.165) is 33.0 Å². The second kappa shape index (κ2) is 7.60. The molecule has 0 aliphatic carbocycles. The van der Waals surface area contributed by atoms with Crippen molar-refractivity contribution in [3.63, 3.8) is 0 Å². The van der Waals surface area contributed by atoms with Gasteiger partial charge in [-0.2, -0.15) is 0 Å². The molecule has 0 spiro atoms. The van der Waals surface area contributed by atoms with Crippen LogP contribution in [0.2, 0.25) is 5.02 Å². The van der Waals surface area contributed by atoms with Gasteiger partial charge in [0.25, 0.3) is 0 Å². The van der Waals surface area contributed by atoms with Crippen LogP contribution in [0.1, 0.15) is 0 Å². The summed E-state index contributed by atoms with van der Waals surface area (Å²) in [5, 5.41) is 3.43. The number of nitrogens with zero attached hydrogens (tertiary/aromatic N) is 4. The third kappa shape index (κ3) is 3.37. The monoisotopic (exact) mass is 428 g/mol. The van der Waals surface area contributed by atoms with Gasteiger partial charge in [0.15, 0.2) is 5.65 Å². The summed E-state index contributed by atoms with van der Waals surface area (Å²) in [4.78, 5) is 15.5. The van der Waals surface area contributed by atoms with Crippen LogP contribution in [-0.4, -0.2) is 29.0 Å². The Hall–Kier alpha value is -3.57. The summed E-state index contributed by atoms with van der Waals surface area (Å²) in [6.45, 7) is 0. The predicted octanol–water partition coefficient (Wildman–Crippen LogP) is 6.37. The molecule has 0 amide bonds. The third-order valence-electron chi connectivity index (χ3n) is 5.36. The molecule has 5 rings (SSSR count). The van der Waals surface area contributed by atoms with Gasteiger partial charge in [-0.3, -0.25) is 4.98 Å². The Labute approximate surface area is 184 Å². The quantitative estimate of drug-likeness (QED) is 0.335. The summed E-state index contributed by atoms with van der Waals surface area (Å²) >= 11 is 6.15. The number of fused-ring (bicyclic) bond motifs is 2. The molecule has 0 aliphatic heterocycles. The molecule has 3 heterocycles. The van der Waals surface area contributed by atoms with Crippen LogP contribution in [0.25, 0.3) is 44.2 Å². The van der Waals surface area contributed by atoms with Crippen LogP contribution in [0, 0.1) is 5.82 Å². The van der Waals surface area contributed by atoms with E-state index in [-0.39, 0.29) is 5.82 Å². The lowest BCUT2D eigenvalue weighted by molar-refractivity contribution is 0.631. The van der Waals surface area contributed by atoms with E-state index in [0.29, 0.717) is 21.9 Å². The number of benzene rings is 2. The molecule has 6 heteroatoms. The van der Waals surface area contributed by atoms with E-state index in [1.54, 1.807) is 18.5 Å². The van der Waals surface area contributed by atoms with Crippen LogP contribution in [0.3, 0.4) is 0 Å². The zero-order valence-corrected chi connectivity index (χ0v) is 17.7. The van der Waals surface area contributed by atoms with Crippen LogP contribution in [0.4, 0.5) is 10.1 Å². The summed E-state index contributed by atoms with van der Waals surface area (Å²) in [5.74, 6) is -0.379. The summed E-state index contributed by atoms with van der Waals surface area (Å²) < 4.78 is 14.7. The number of halogens is 2. The molecule has 31 heavy (non-hydrogen) atoms. The molecule has 0 fully saturated rings. The van der Waals surface area contributed by atoms with Crippen molar-refractivity contribution in [2.45, 2.75) is 0 Å². The van der Waals surface area contributed by atoms with Crippen molar-refractivity contribution in [1.82, 2.24) is 15.0 Å². The Morgan fingerprint density at radius 1 is 0.839 bits per heavy atom. The highest BCUT2D eigenvalue weighted by Crippen LogP contribution is 2.38. The first-order chi connectivity index (χ1) is 15.0. The molecule has 0 bridgehead atoms. The van der Waals surface area contributed by atoms with Crippen LogP contribution in [0.5, 0.6) is 0 Å². The Morgan fingerprint density at radius 3 is 2.55 bits per heavy atom. The maximum absolute atomic E-state index is 14.7. The average Bonchev–Trinajstić information content (AvgIpc) is 2.79. The third-order valence-corrected chi connectivity index (χ3v) is 5.59. The number of pyridine rings is 3. The highest BCUT2D eigenvalue weighted by Gasteiger charge is 2.16. The number of aromatic nitrogens is 3. The van der Waals surface area contributed by atoms with Crippen molar-refractivity contribution in [3.05, 3.63) is 84.0 Å². The Morgan fingerprint density at radius 2 is 1.71 bits per heavy atom. The van der Waals surface area contributed by atoms with Gasteiger partial charge in [-0.25, -0.2) is 14.4 Å². The van der Waals surface area contributed by atoms with Crippen molar-refractivity contribution in [2.24, 2.45) is 0 Å². The second-order valence-electron chi connectivity index (χ2n) is 7.50. The first kappa shape index (κ1) is 19.4. The summed E-state index contributed by atoms with van der Waals surface area (Å²) in [7, 11) is 4.01. The van der Waals surface area contributed by atoms with Crippen molar-refractivity contribution in [3.8, 4) is 22.4 Å². The zero-order valence-electron chi connectivity index (χ0n) is 17.0. The topological polar surface area (TPSA) is 41.9 Å². The van der Waals surface area contributed by atoms with Crippen LogP contribution in [0.15, 0.2) is 73.2 Å². The van der Waals surface area contributed by atoms with Crippen LogP contribution >= 0.6 is 11.6 Å². The molecule has 4 nitrogen and oxygen atoms in total. The van der Waals surface area contributed by atoms with Gasteiger partial charge in [-0.15, -0.1) is 0 Å². The minimum atomic E-state index is -0.379. The van der Waals surface area contributed by atoms with Crippen molar-refractivity contribution >= 4 is 39.1 Å². The van der Waals surface area contributed by atoms with E-state index >= 15 is 0 Å². The molecule has 0 saturated heterocycles. The molecular formula is C25H18ClFN4. The van der Waals surface area contributed by atoms with E-state index < -0.39 is 0 Å². The molecule has 0 radical (unpaired) electrons. The standard InChI is InChI=1S/C25H18ClFN4/c1-31(2)24-8-6-16(17-9-11-28-14-21(17)24)19-13-23(20-12-15(26)5-7-22(20)27)30-25-18(19)4-3-10-29-25/h3-14H,1-2H3. The molecule has 5 aromatic rings. The SMILES string of the molecule is CN(C)c1ccc(-c2cc(-c3cc(Cl)ccc3F)nc3ncccc23)c2ccncc12. The van der Waals surface area contributed by atoms with Gasteiger partial charge in [-0.1, -0.05) is 17.7 Å². The molecule has 0 unspecified atom stereocenters. The molecule has 3 aromatic heterocycles. The van der Waals surface area contributed by atoms with Gasteiger partial charge in [-0.05, 0) is 65.0 Å². The highest BCUT2D eigenvalue weighted by molar-refractivity contribution is 6.30. The van der Waals surface area contributed by atoms with Gasteiger partial charge in [0.1, 0.15) is 5.82 Å². The van der Waals surface area contributed by atoms with Crippen LogP contribution in [-0.2, 0) is 0 Å². The predicted molar refractivity (Wildman–Crippen MR) is 125 cm³/mol. The summed E-state index contributed by atoms with van der Waals surface area (Å²) in [6, 6.07) is 16.4. The van der Waals surface area contributed by atoms with E-state index in [1.807, 2.05) is 44.6 Å². The lowest BCUT2D eigenvalue weighted by Crippen LogP contribution is -2.09. The van der Waals surface area contributed by atoms with Crippen molar-refractivity contribution in [2.75, 3.05) is 19.0 Å². The molecule has 0 atom stereocenters. The highest BCUT2D eigenvalue weighted by atomic mass is 35.5. The van der Waals surface area contributed by atoms with Gasteiger partial charge in [0.2, 0.25) is 0 Å². The fourth-order valence-electron chi connectivity index (χ4n) is 3.91. The number of anilines is 1. The molecule has 0 saturated carbocycles. The molecule has 0 N–H and O–H groups in total. The fraction of sp³-hybridized carbons (Fsp3) is 0.0800. The Bertz CT molecular complexity index is 1450. The zero-order chi connectivity index (χ0) is 21.5. The minimum Gasteiger partial charge on any atom is -0.377 e. The summed E-state index contributed by atoms with van der Waals surface area (Å²) in [6.07, 6.45) is 5.34.